The molecule has 0 aromatic heterocycles. The lowest BCUT2D eigenvalue weighted by Crippen LogP contribution is -2.51. The van der Waals surface area contributed by atoms with Crippen molar-refractivity contribution in [3.8, 4) is 17.6 Å². The van der Waals surface area contributed by atoms with E-state index in [4.69, 9.17) is 9.47 Å². The number of carbonyl (C=O) groups is 1. The predicted molar refractivity (Wildman–Crippen MR) is 95.5 cm³/mol. The summed E-state index contributed by atoms with van der Waals surface area (Å²) in [6, 6.07) is 7.96. The molecule has 1 aromatic carbocycles. The Morgan fingerprint density at radius 2 is 2.00 bits per heavy atom. The van der Waals surface area contributed by atoms with Gasteiger partial charge in [-0.3, -0.25) is 9.69 Å². The molecule has 1 aromatic rings. The van der Waals surface area contributed by atoms with Crippen LogP contribution in [0.2, 0.25) is 0 Å². The zero-order valence-corrected chi connectivity index (χ0v) is 15.3. The van der Waals surface area contributed by atoms with E-state index in [0.29, 0.717) is 6.54 Å². The first-order valence-corrected chi connectivity index (χ1v) is 8.63. The third-order valence-corrected chi connectivity index (χ3v) is 4.65. The first-order chi connectivity index (χ1) is 12.0. The fourth-order valence-corrected chi connectivity index (χ4v) is 3.30. The quantitative estimate of drug-likeness (QED) is 0.822. The molecule has 1 fully saturated rings. The van der Waals surface area contributed by atoms with Gasteiger partial charge in [-0.05, 0) is 26.0 Å². The zero-order valence-electron chi connectivity index (χ0n) is 15.3. The predicted octanol–water partition coefficient (Wildman–Crippen LogP) is 2.48. The fraction of sp³-hybridized carbons (Fsp3) is 0.579. The molecule has 1 aliphatic carbocycles. The first kappa shape index (κ1) is 19.1. The van der Waals surface area contributed by atoms with Gasteiger partial charge < -0.3 is 14.8 Å². The molecule has 2 rings (SSSR count). The van der Waals surface area contributed by atoms with Crippen LogP contribution in [-0.4, -0.2) is 44.2 Å². The second kappa shape index (κ2) is 8.72. The van der Waals surface area contributed by atoms with Gasteiger partial charge >= 0.3 is 0 Å². The largest absolute Gasteiger partial charge is 0.497 e. The summed E-state index contributed by atoms with van der Waals surface area (Å²) in [5.74, 6) is 1.35. The Bertz CT molecular complexity index is 633. The van der Waals surface area contributed by atoms with E-state index < -0.39 is 5.54 Å². The molecule has 1 aliphatic rings. The van der Waals surface area contributed by atoms with Gasteiger partial charge in [0.1, 0.15) is 17.0 Å². The molecule has 0 radical (unpaired) electrons. The highest BCUT2D eigenvalue weighted by atomic mass is 16.5. The number of methoxy groups -OCH3 is 2. The summed E-state index contributed by atoms with van der Waals surface area (Å²) in [5, 5.41) is 12.4. The van der Waals surface area contributed by atoms with Crippen LogP contribution in [0.15, 0.2) is 18.2 Å². The lowest BCUT2D eigenvalue weighted by molar-refractivity contribution is -0.123. The molecule has 1 N–H and O–H groups in total. The summed E-state index contributed by atoms with van der Waals surface area (Å²) in [4.78, 5) is 14.3. The van der Waals surface area contributed by atoms with Crippen molar-refractivity contribution in [2.45, 2.75) is 44.2 Å². The van der Waals surface area contributed by atoms with Crippen molar-refractivity contribution in [3.63, 3.8) is 0 Å². The van der Waals surface area contributed by atoms with Gasteiger partial charge in [0.25, 0.3) is 0 Å². The number of nitriles is 1. The number of carbonyl (C=O) groups excluding carboxylic acids is 1. The van der Waals surface area contributed by atoms with E-state index in [1.165, 1.54) is 0 Å². The van der Waals surface area contributed by atoms with Crippen molar-refractivity contribution < 1.29 is 14.3 Å². The van der Waals surface area contributed by atoms with Crippen molar-refractivity contribution in [1.82, 2.24) is 10.2 Å². The van der Waals surface area contributed by atoms with E-state index in [1.54, 1.807) is 14.2 Å². The minimum Gasteiger partial charge on any atom is -0.497 e. The van der Waals surface area contributed by atoms with E-state index in [1.807, 2.05) is 30.1 Å². The van der Waals surface area contributed by atoms with Crippen LogP contribution in [0.3, 0.4) is 0 Å². The van der Waals surface area contributed by atoms with Crippen molar-refractivity contribution in [1.29, 1.82) is 5.26 Å². The number of likely N-dealkylation sites (N-methyl/N-ethyl adjacent to an activating group) is 1. The highest BCUT2D eigenvalue weighted by Crippen LogP contribution is 2.28. The number of hydrogen-bond acceptors (Lipinski definition) is 5. The Morgan fingerprint density at radius 3 is 2.60 bits per heavy atom. The van der Waals surface area contributed by atoms with E-state index in [2.05, 4.69) is 11.4 Å². The number of rotatable bonds is 7. The number of hydrogen-bond donors (Lipinski definition) is 1. The minimum atomic E-state index is -0.687. The normalized spacial score (nSPS) is 16.1. The van der Waals surface area contributed by atoms with Crippen LogP contribution >= 0.6 is 0 Å². The summed E-state index contributed by atoms with van der Waals surface area (Å²) < 4.78 is 10.6. The Balaban J connectivity index is 1.94. The lowest BCUT2D eigenvalue weighted by Gasteiger charge is -2.32. The average Bonchev–Trinajstić information content (AvgIpc) is 2.62. The molecule has 0 aliphatic heterocycles. The molecule has 0 saturated heterocycles. The van der Waals surface area contributed by atoms with E-state index >= 15 is 0 Å². The molecule has 6 nitrogen and oxygen atoms in total. The summed E-state index contributed by atoms with van der Waals surface area (Å²) in [7, 11) is 5.11. The van der Waals surface area contributed by atoms with Gasteiger partial charge in [0.05, 0.1) is 26.8 Å². The average molecular weight is 345 g/mol. The number of ether oxygens (including phenoxy) is 2. The minimum absolute atomic E-state index is 0.113. The third-order valence-electron chi connectivity index (χ3n) is 4.65. The molecule has 6 heteroatoms. The second-order valence-corrected chi connectivity index (χ2v) is 6.65. The van der Waals surface area contributed by atoms with Crippen molar-refractivity contribution in [3.05, 3.63) is 23.8 Å². The summed E-state index contributed by atoms with van der Waals surface area (Å²) in [6.45, 7) is 0.804. The SMILES string of the molecule is COc1ccc(CN(C)CC(=O)NC2(C#N)CCCCC2)c(OC)c1. The Kier molecular flexibility index (Phi) is 6.65. The fourth-order valence-electron chi connectivity index (χ4n) is 3.30. The van der Waals surface area contributed by atoms with Crippen molar-refractivity contribution in [2.24, 2.45) is 0 Å². The maximum atomic E-state index is 12.4. The zero-order chi connectivity index (χ0) is 18.3. The van der Waals surface area contributed by atoms with Gasteiger partial charge in [-0.15, -0.1) is 0 Å². The van der Waals surface area contributed by atoms with Crippen LogP contribution in [0.5, 0.6) is 11.5 Å². The highest BCUT2D eigenvalue weighted by molar-refractivity contribution is 5.79. The van der Waals surface area contributed by atoms with E-state index in [9.17, 15) is 10.1 Å². The molecular formula is C19H27N3O3. The van der Waals surface area contributed by atoms with Gasteiger partial charge in [0.2, 0.25) is 5.91 Å². The topological polar surface area (TPSA) is 74.6 Å². The van der Waals surface area contributed by atoms with Crippen LogP contribution in [0, 0.1) is 11.3 Å². The van der Waals surface area contributed by atoms with Crippen LogP contribution < -0.4 is 14.8 Å². The summed E-state index contributed by atoms with van der Waals surface area (Å²) in [5.41, 5.74) is 0.291. The summed E-state index contributed by atoms with van der Waals surface area (Å²) >= 11 is 0. The molecule has 0 atom stereocenters. The van der Waals surface area contributed by atoms with Crippen LogP contribution in [-0.2, 0) is 11.3 Å². The van der Waals surface area contributed by atoms with Crippen LogP contribution in [0.1, 0.15) is 37.7 Å². The Hall–Kier alpha value is -2.26. The maximum absolute atomic E-state index is 12.4. The van der Waals surface area contributed by atoms with Gasteiger partial charge in [-0.25, -0.2) is 0 Å². The molecule has 0 heterocycles. The van der Waals surface area contributed by atoms with Crippen molar-refractivity contribution >= 4 is 5.91 Å². The molecule has 136 valence electrons. The second-order valence-electron chi connectivity index (χ2n) is 6.65. The molecule has 25 heavy (non-hydrogen) atoms. The maximum Gasteiger partial charge on any atom is 0.235 e. The van der Waals surface area contributed by atoms with Crippen LogP contribution in [0.4, 0.5) is 0 Å². The number of nitrogens with one attached hydrogen (secondary N) is 1. The van der Waals surface area contributed by atoms with E-state index in [-0.39, 0.29) is 12.5 Å². The molecule has 1 amide bonds. The van der Waals surface area contributed by atoms with Gasteiger partial charge in [-0.1, -0.05) is 25.3 Å². The molecular weight excluding hydrogens is 318 g/mol. The molecule has 0 unspecified atom stereocenters. The lowest BCUT2D eigenvalue weighted by atomic mass is 9.83. The monoisotopic (exact) mass is 345 g/mol. The highest BCUT2D eigenvalue weighted by Gasteiger charge is 2.33. The Morgan fingerprint density at radius 1 is 1.28 bits per heavy atom. The standard InChI is InChI=1S/C19H27N3O3/c1-22(12-15-7-8-16(24-2)11-17(15)25-3)13-18(23)21-19(14-20)9-5-4-6-10-19/h7-8,11H,4-6,9-10,12-13H2,1-3H3,(H,21,23). The molecule has 0 bridgehead atoms. The summed E-state index contributed by atoms with van der Waals surface area (Å²) in [6.07, 6.45) is 4.60. The van der Waals surface area contributed by atoms with Gasteiger partial charge in [0, 0.05) is 18.2 Å². The first-order valence-electron chi connectivity index (χ1n) is 8.63. The van der Waals surface area contributed by atoms with Crippen LogP contribution in [0.25, 0.3) is 0 Å². The van der Waals surface area contributed by atoms with Gasteiger partial charge in [0.15, 0.2) is 0 Å². The van der Waals surface area contributed by atoms with Gasteiger partial charge in [-0.2, -0.15) is 5.26 Å². The number of nitrogens with zero attached hydrogens (tertiary/aromatic N) is 2. The molecule has 1 saturated carbocycles. The number of benzene rings is 1. The Labute approximate surface area is 149 Å². The smallest absolute Gasteiger partial charge is 0.235 e. The van der Waals surface area contributed by atoms with E-state index in [0.717, 1.165) is 49.2 Å². The molecule has 0 spiro atoms. The third kappa shape index (κ3) is 5.10. The number of amides is 1. The van der Waals surface area contributed by atoms with Crippen molar-refractivity contribution in [2.75, 3.05) is 27.8 Å².